The second-order valence-corrected chi connectivity index (χ2v) is 6.67. The average molecular weight is 425 g/mol. The van der Waals surface area contributed by atoms with Crippen molar-refractivity contribution in [1.82, 2.24) is 14.8 Å². The van der Waals surface area contributed by atoms with Crippen molar-refractivity contribution in [2.45, 2.75) is 13.1 Å². The number of carbonyl (C=O) groups excluding carboxylic acids is 1. The van der Waals surface area contributed by atoms with Crippen LogP contribution < -0.4 is 10.1 Å². The zero-order chi connectivity index (χ0) is 21.2. The Labute approximate surface area is 169 Å². The van der Waals surface area contributed by atoms with Crippen LogP contribution in [0.3, 0.4) is 0 Å². The minimum atomic E-state index is -4.51. The number of nitrogens with one attached hydrogen (secondary N) is 1. The summed E-state index contributed by atoms with van der Waals surface area (Å²) < 4.78 is 44.0. The maximum Gasteiger partial charge on any atom is 0.422 e. The lowest BCUT2D eigenvalue weighted by Crippen LogP contribution is -2.20. The van der Waals surface area contributed by atoms with Gasteiger partial charge in [0, 0.05) is 17.6 Å². The molecule has 2 heterocycles. The van der Waals surface area contributed by atoms with Crippen LogP contribution in [0.15, 0.2) is 42.6 Å². The standard InChI is InChI=1S/C19H16ClF3N4O2/c1-11-7-16(27(2)26-11)17(28)25-14-8-15(12-3-5-13(20)6-4-12)18(24-9-14)29-10-19(21,22)23/h3-9H,10H2,1-2H3,(H,25,28). The van der Waals surface area contributed by atoms with Crippen molar-refractivity contribution < 1.29 is 22.7 Å². The van der Waals surface area contributed by atoms with Crippen LogP contribution in [0.25, 0.3) is 11.1 Å². The van der Waals surface area contributed by atoms with Gasteiger partial charge >= 0.3 is 6.18 Å². The fourth-order valence-electron chi connectivity index (χ4n) is 2.64. The number of aryl methyl sites for hydroxylation is 2. The van der Waals surface area contributed by atoms with E-state index in [4.69, 9.17) is 16.3 Å². The molecule has 2 aromatic heterocycles. The van der Waals surface area contributed by atoms with Crippen LogP contribution in [-0.4, -0.2) is 33.5 Å². The number of hydrogen-bond acceptors (Lipinski definition) is 4. The van der Waals surface area contributed by atoms with Crippen LogP contribution in [0.1, 0.15) is 16.2 Å². The van der Waals surface area contributed by atoms with E-state index in [9.17, 15) is 18.0 Å². The van der Waals surface area contributed by atoms with Gasteiger partial charge in [-0.3, -0.25) is 9.48 Å². The number of halogens is 4. The van der Waals surface area contributed by atoms with E-state index in [1.54, 1.807) is 44.3 Å². The summed E-state index contributed by atoms with van der Waals surface area (Å²) in [4.78, 5) is 16.4. The third-order valence-corrected chi connectivity index (χ3v) is 4.12. The Morgan fingerprint density at radius 1 is 1.24 bits per heavy atom. The zero-order valence-electron chi connectivity index (χ0n) is 15.4. The van der Waals surface area contributed by atoms with Crippen LogP contribution in [-0.2, 0) is 7.05 Å². The van der Waals surface area contributed by atoms with Crippen molar-refractivity contribution in [3.63, 3.8) is 0 Å². The van der Waals surface area contributed by atoms with E-state index in [1.807, 2.05) is 0 Å². The molecule has 0 bridgehead atoms. The highest BCUT2D eigenvalue weighted by Crippen LogP contribution is 2.32. The number of anilines is 1. The van der Waals surface area contributed by atoms with Gasteiger partial charge < -0.3 is 10.1 Å². The number of benzene rings is 1. The van der Waals surface area contributed by atoms with E-state index in [0.29, 0.717) is 22.0 Å². The summed E-state index contributed by atoms with van der Waals surface area (Å²) in [7, 11) is 1.63. The summed E-state index contributed by atoms with van der Waals surface area (Å²) in [5.74, 6) is -0.639. The molecule has 152 valence electrons. The normalized spacial score (nSPS) is 11.4. The Balaban J connectivity index is 1.93. The minimum Gasteiger partial charge on any atom is -0.468 e. The molecule has 0 fully saturated rings. The van der Waals surface area contributed by atoms with Gasteiger partial charge in [-0.15, -0.1) is 0 Å². The Hall–Kier alpha value is -3.07. The number of nitrogens with zero attached hydrogens (tertiary/aromatic N) is 3. The van der Waals surface area contributed by atoms with Crippen molar-refractivity contribution >= 4 is 23.2 Å². The van der Waals surface area contributed by atoms with Crippen LogP contribution in [0, 0.1) is 6.92 Å². The van der Waals surface area contributed by atoms with Gasteiger partial charge in [-0.05, 0) is 36.8 Å². The van der Waals surface area contributed by atoms with Gasteiger partial charge in [0.25, 0.3) is 5.91 Å². The molecular weight excluding hydrogens is 409 g/mol. The largest absolute Gasteiger partial charge is 0.468 e. The highest BCUT2D eigenvalue weighted by molar-refractivity contribution is 6.30. The summed E-state index contributed by atoms with van der Waals surface area (Å²) in [6.45, 7) is 0.268. The molecule has 1 N–H and O–H groups in total. The lowest BCUT2D eigenvalue weighted by Gasteiger charge is -2.14. The third kappa shape index (κ3) is 5.26. The Morgan fingerprint density at radius 3 is 2.52 bits per heavy atom. The second-order valence-electron chi connectivity index (χ2n) is 6.24. The number of ether oxygens (including phenoxy) is 1. The smallest absolute Gasteiger partial charge is 0.422 e. The summed E-state index contributed by atoms with van der Waals surface area (Å²) >= 11 is 5.88. The molecule has 0 aliphatic heterocycles. The third-order valence-electron chi connectivity index (χ3n) is 3.87. The fourth-order valence-corrected chi connectivity index (χ4v) is 2.77. The predicted molar refractivity (Wildman–Crippen MR) is 102 cm³/mol. The lowest BCUT2D eigenvalue weighted by atomic mass is 10.1. The SMILES string of the molecule is Cc1cc(C(=O)Nc2cnc(OCC(F)(F)F)c(-c3ccc(Cl)cc3)c2)n(C)n1. The monoisotopic (exact) mass is 424 g/mol. The van der Waals surface area contributed by atoms with E-state index >= 15 is 0 Å². The predicted octanol–water partition coefficient (Wildman–Crippen LogP) is 4.64. The number of rotatable bonds is 5. The molecule has 0 radical (unpaired) electrons. The van der Waals surface area contributed by atoms with Gasteiger partial charge in [-0.1, -0.05) is 23.7 Å². The van der Waals surface area contributed by atoms with Crippen molar-refractivity contribution in [3.8, 4) is 17.0 Å². The topological polar surface area (TPSA) is 69.0 Å². The van der Waals surface area contributed by atoms with Crippen molar-refractivity contribution in [1.29, 1.82) is 0 Å². The van der Waals surface area contributed by atoms with Crippen LogP contribution >= 0.6 is 11.6 Å². The Bertz CT molecular complexity index is 1030. The molecule has 0 atom stereocenters. The number of carbonyl (C=O) groups is 1. The van der Waals surface area contributed by atoms with Crippen molar-refractivity contribution in [2.75, 3.05) is 11.9 Å². The van der Waals surface area contributed by atoms with Gasteiger partial charge in [0.15, 0.2) is 6.61 Å². The van der Waals surface area contributed by atoms with Gasteiger partial charge in [0.2, 0.25) is 5.88 Å². The van der Waals surface area contributed by atoms with E-state index in [-0.39, 0.29) is 17.1 Å². The first-order valence-electron chi connectivity index (χ1n) is 8.40. The van der Waals surface area contributed by atoms with Crippen LogP contribution in [0.2, 0.25) is 5.02 Å². The minimum absolute atomic E-state index is 0.209. The number of hydrogen-bond donors (Lipinski definition) is 1. The first-order valence-corrected chi connectivity index (χ1v) is 8.78. The maximum absolute atomic E-state index is 12.6. The Kier molecular flexibility index (Phi) is 5.78. The van der Waals surface area contributed by atoms with E-state index in [1.165, 1.54) is 16.9 Å². The Morgan fingerprint density at radius 2 is 1.93 bits per heavy atom. The molecule has 29 heavy (non-hydrogen) atoms. The highest BCUT2D eigenvalue weighted by atomic mass is 35.5. The van der Waals surface area contributed by atoms with E-state index in [2.05, 4.69) is 15.4 Å². The molecule has 3 rings (SSSR count). The second kappa shape index (κ2) is 8.12. The van der Waals surface area contributed by atoms with Crippen molar-refractivity contribution in [2.24, 2.45) is 7.05 Å². The fraction of sp³-hybridized carbons (Fsp3) is 0.211. The summed E-state index contributed by atoms with van der Waals surface area (Å²) in [6, 6.07) is 9.53. The highest BCUT2D eigenvalue weighted by Gasteiger charge is 2.29. The summed E-state index contributed by atoms with van der Waals surface area (Å²) in [5, 5.41) is 7.25. The molecule has 0 aliphatic rings. The van der Waals surface area contributed by atoms with Gasteiger partial charge in [-0.2, -0.15) is 18.3 Å². The number of aromatic nitrogens is 3. The van der Waals surface area contributed by atoms with Gasteiger partial charge in [0.05, 0.1) is 17.6 Å². The number of alkyl halides is 3. The molecule has 0 spiro atoms. The summed E-state index contributed by atoms with van der Waals surface area (Å²) in [5.41, 5.74) is 2.11. The molecule has 1 aromatic carbocycles. The lowest BCUT2D eigenvalue weighted by molar-refractivity contribution is -0.154. The first kappa shape index (κ1) is 20.7. The van der Waals surface area contributed by atoms with Crippen LogP contribution in [0.5, 0.6) is 5.88 Å². The molecule has 0 unspecified atom stereocenters. The molecule has 1 amide bonds. The molecule has 0 saturated heterocycles. The van der Waals surface area contributed by atoms with E-state index < -0.39 is 18.7 Å². The molecule has 0 saturated carbocycles. The molecule has 3 aromatic rings. The molecular formula is C19H16ClF3N4O2. The first-order chi connectivity index (χ1) is 13.6. The average Bonchev–Trinajstić information content (AvgIpc) is 2.99. The zero-order valence-corrected chi connectivity index (χ0v) is 16.2. The van der Waals surface area contributed by atoms with Crippen molar-refractivity contribution in [3.05, 3.63) is 59.0 Å². The number of pyridine rings is 1. The van der Waals surface area contributed by atoms with E-state index in [0.717, 1.165) is 0 Å². The van der Waals surface area contributed by atoms with Crippen LogP contribution in [0.4, 0.5) is 18.9 Å². The summed E-state index contributed by atoms with van der Waals surface area (Å²) in [6.07, 6.45) is -3.28. The maximum atomic E-state index is 12.6. The molecule has 6 nitrogen and oxygen atoms in total. The van der Waals surface area contributed by atoms with Gasteiger partial charge in [0.1, 0.15) is 5.69 Å². The van der Waals surface area contributed by atoms with Gasteiger partial charge in [-0.25, -0.2) is 4.98 Å². The molecule has 0 aliphatic carbocycles. The molecule has 10 heteroatoms. The number of amides is 1. The quantitative estimate of drug-likeness (QED) is 0.648.